The number of nitrogens with one attached hydrogen (secondary N) is 1. The Bertz CT molecular complexity index is 217. The van der Waals surface area contributed by atoms with E-state index in [9.17, 15) is 4.79 Å². The Balaban J connectivity index is 2.10. The van der Waals surface area contributed by atoms with Gasteiger partial charge >= 0.3 is 0 Å². The first-order valence-electron chi connectivity index (χ1n) is 6.80. The Morgan fingerprint density at radius 1 is 1.29 bits per heavy atom. The molecule has 1 aliphatic rings. The molecule has 4 heteroatoms. The van der Waals surface area contributed by atoms with Crippen molar-refractivity contribution in [2.45, 2.75) is 51.5 Å². The first-order chi connectivity index (χ1) is 8.22. The maximum Gasteiger partial charge on any atom is 0.220 e. The van der Waals surface area contributed by atoms with Gasteiger partial charge in [0.1, 0.15) is 0 Å². The predicted molar refractivity (Wildman–Crippen MR) is 75.5 cm³/mol. The molecule has 1 unspecified atom stereocenters. The van der Waals surface area contributed by atoms with Crippen LogP contribution in [-0.2, 0) is 4.79 Å². The van der Waals surface area contributed by atoms with Crippen LogP contribution in [-0.4, -0.2) is 41.8 Å². The number of nitrogens with zero attached hydrogens (tertiary/aromatic N) is 1. The highest BCUT2D eigenvalue weighted by Gasteiger charge is 2.14. The zero-order chi connectivity index (χ0) is 12.5. The zero-order valence-electron chi connectivity index (χ0n) is 10.9. The topological polar surface area (TPSA) is 32.3 Å². The normalized spacial score (nSPS) is 18.9. The summed E-state index contributed by atoms with van der Waals surface area (Å²) in [5.41, 5.74) is 0. The molecule has 1 atom stereocenters. The van der Waals surface area contributed by atoms with E-state index >= 15 is 0 Å². The molecule has 0 aromatic heterocycles. The van der Waals surface area contributed by atoms with Crippen molar-refractivity contribution < 1.29 is 4.79 Å². The van der Waals surface area contributed by atoms with Crippen molar-refractivity contribution >= 4 is 21.8 Å². The molecule has 0 aromatic rings. The van der Waals surface area contributed by atoms with E-state index < -0.39 is 0 Å². The van der Waals surface area contributed by atoms with E-state index in [0.29, 0.717) is 6.42 Å². The van der Waals surface area contributed by atoms with Crippen molar-refractivity contribution in [1.82, 2.24) is 10.2 Å². The van der Waals surface area contributed by atoms with Crippen molar-refractivity contribution in [2.75, 3.05) is 25.0 Å². The van der Waals surface area contributed by atoms with E-state index in [4.69, 9.17) is 0 Å². The summed E-state index contributed by atoms with van der Waals surface area (Å²) < 4.78 is 0. The number of rotatable bonds is 7. The molecule has 1 rings (SSSR count). The zero-order valence-corrected chi connectivity index (χ0v) is 12.5. The third kappa shape index (κ3) is 7.04. The molecule has 0 saturated carbocycles. The third-order valence-electron chi connectivity index (χ3n) is 3.18. The molecule has 1 amide bonds. The Kier molecular flexibility index (Phi) is 7.86. The van der Waals surface area contributed by atoms with Crippen molar-refractivity contribution in [1.29, 1.82) is 0 Å². The first kappa shape index (κ1) is 15.0. The molecular weight excluding hydrogens is 280 g/mol. The lowest BCUT2D eigenvalue weighted by Crippen LogP contribution is -2.43. The molecule has 1 fully saturated rings. The smallest absolute Gasteiger partial charge is 0.220 e. The van der Waals surface area contributed by atoms with Crippen molar-refractivity contribution in [2.24, 2.45) is 0 Å². The molecule has 1 heterocycles. The summed E-state index contributed by atoms with van der Waals surface area (Å²) in [5.74, 6) is 0.204. The van der Waals surface area contributed by atoms with Gasteiger partial charge in [0.05, 0.1) is 0 Å². The lowest BCUT2D eigenvalue weighted by atomic mass is 10.1. The summed E-state index contributed by atoms with van der Waals surface area (Å²) in [6, 6.07) is 0.282. The highest BCUT2D eigenvalue weighted by Crippen LogP contribution is 2.08. The SMILES string of the molecule is CC(CN1CCCCC1)NC(=O)CCCCBr. The summed E-state index contributed by atoms with van der Waals surface area (Å²) in [6.07, 6.45) is 6.71. The Morgan fingerprint density at radius 2 is 2.00 bits per heavy atom. The van der Waals surface area contributed by atoms with Crippen LogP contribution in [0.25, 0.3) is 0 Å². The summed E-state index contributed by atoms with van der Waals surface area (Å²) in [7, 11) is 0. The van der Waals surface area contributed by atoms with Crippen molar-refractivity contribution in [3.63, 3.8) is 0 Å². The van der Waals surface area contributed by atoms with Gasteiger partial charge in [-0.2, -0.15) is 0 Å². The van der Waals surface area contributed by atoms with E-state index in [2.05, 4.69) is 33.1 Å². The van der Waals surface area contributed by atoms with Crippen LogP contribution in [0.15, 0.2) is 0 Å². The Labute approximate surface area is 113 Å². The molecule has 1 N–H and O–H groups in total. The molecule has 100 valence electrons. The second-order valence-electron chi connectivity index (χ2n) is 4.98. The number of carbonyl (C=O) groups excluding carboxylic acids is 1. The fraction of sp³-hybridized carbons (Fsp3) is 0.923. The summed E-state index contributed by atoms with van der Waals surface area (Å²) in [4.78, 5) is 14.1. The number of alkyl halides is 1. The van der Waals surface area contributed by atoms with Crippen LogP contribution in [0.1, 0.15) is 45.4 Å². The second-order valence-corrected chi connectivity index (χ2v) is 5.77. The van der Waals surface area contributed by atoms with Crippen molar-refractivity contribution in [3.05, 3.63) is 0 Å². The van der Waals surface area contributed by atoms with Gasteiger partial charge in [0.15, 0.2) is 0 Å². The maximum absolute atomic E-state index is 11.6. The van der Waals surface area contributed by atoms with Gasteiger partial charge in [0, 0.05) is 24.3 Å². The van der Waals surface area contributed by atoms with Gasteiger partial charge in [-0.05, 0) is 45.7 Å². The van der Waals surface area contributed by atoms with Gasteiger partial charge in [0.2, 0.25) is 5.91 Å². The van der Waals surface area contributed by atoms with Crippen LogP contribution in [0.3, 0.4) is 0 Å². The van der Waals surface area contributed by atoms with Crippen LogP contribution in [0.4, 0.5) is 0 Å². The maximum atomic E-state index is 11.6. The number of amides is 1. The summed E-state index contributed by atoms with van der Waals surface area (Å²) in [5, 5.41) is 4.08. The molecule has 0 aromatic carbocycles. The fourth-order valence-corrected chi connectivity index (χ4v) is 2.70. The molecule has 17 heavy (non-hydrogen) atoms. The van der Waals surface area contributed by atoms with Crippen LogP contribution in [0.2, 0.25) is 0 Å². The van der Waals surface area contributed by atoms with Gasteiger partial charge in [-0.3, -0.25) is 4.79 Å². The highest BCUT2D eigenvalue weighted by molar-refractivity contribution is 9.09. The molecule has 0 bridgehead atoms. The van der Waals surface area contributed by atoms with E-state index in [0.717, 1.165) is 24.7 Å². The van der Waals surface area contributed by atoms with Crippen LogP contribution in [0, 0.1) is 0 Å². The van der Waals surface area contributed by atoms with Crippen LogP contribution < -0.4 is 5.32 Å². The van der Waals surface area contributed by atoms with E-state index in [-0.39, 0.29) is 11.9 Å². The molecule has 0 spiro atoms. The van der Waals surface area contributed by atoms with Crippen LogP contribution >= 0.6 is 15.9 Å². The monoisotopic (exact) mass is 304 g/mol. The molecule has 3 nitrogen and oxygen atoms in total. The molecule has 1 saturated heterocycles. The minimum Gasteiger partial charge on any atom is -0.352 e. The number of likely N-dealkylation sites (tertiary alicyclic amines) is 1. The average Bonchev–Trinajstić information content (AvgIpc) is 2.30. The average molecular weight is 305 g/mol. The Morgan fingerprint density at radius 3 is 2.65 bits per heavy atom. The standard InChI is InChI=1S/C13H25BrN2O/c1-12(11-16-9-5-2-6-10-16)15-13(17)7-3-4-8-14/h12H,2-11H2,1H3,(H,15,17). The molecule has 0 radical (unpaired) electrons. The summed E-state index contributed by atoms with van der Waals surface area (Å²) in [6.45, 7) is 5.51. The molecule has 1 aliphatic heterocycles. The molecular formula is C13H25BrN2O. The minimum atomic E-state index is 0.204. The number of halogens is 1. The quantitative estimate of drug-likeness (QED) is 0.579. The van der Waals surface area contributed by atoms with Gasteiger partial charge in [-0.15, -0.1) is 0 Å². The largest absolute Gasteiger partial charge is 0.352 e. The number of unbranched alkanes of at least 4 members (excludes halogenated alkanes) is 1. The highest BCUT2D eigenvalue weighted by atomic mass is 79.9. The summed E-state index contributed by atoms with van der Waals surface area (Å²) >= 11 is 3.38. The minimum absolute atomic E-state index is 0.204. The van der Waals surface area contributed by atoms with Gasteiger partial charge in [0.25, 0.3) is 0 Å². The van der Waals surface area contributed by atoms with Crippen LogP contribution in [0.5, 0.6) is 0 Å². The Hall–Kier alpha value is -0.0900. The number of hydrogen-bond donors (Lipinski definition) is 1. The lowest BCUT2D eigenvalue weighted by Gasteiger charge is -2.29. The van der Waals surface area contributed by atoms with Gasteiger partial charge < -0.3 is 10.2 Å². The van der Waals surface area contributed by atoms with E-state index in [1.54, 1.807) is 0 Å². The number of carbonyl (C=O) groups is 1. The van der Waals surface area contributed by atoms with Gasteiger partial charge in [-0.25, -0.2) is 0 Å². The lowest BCUT2D eigenvalue weighted by molar-refractivity contribution is -0.121. The van der Waals surface area contributed by atoms with E-state index in [1.165, 1.54) is 32.4 Å². The second kappa shape index (κ2) is 8.92. The molecule has 0 aliphatic carbocycles. The van der Waals surface area contributed by atoms with E-state index in [1.807, 2.05) is 0 Å². The fourth-order valence-electron chi connectivity index (χ4n) is 2.30. The predicted octanol–water partition coefficient (Wildman–Crippen LogP) is 2.54. The number of hydrogen-bond acceptors (Lipinski definition) is 2. The van der Waals surface area contributed by atoms with Gasteiger partial charge in [-0.1, -0.05) is 22.4 Å². The van der Waals surface area contributed by atoms with Crippen molar-refractivity contribution in [3.8, 4) is 0 Å². The first-order valence-corrected chi connectivity index (χ1v) is 7.92. The third-order valence-corrected chi connectivity index (χ3v) is 3.74. The number of piperidine rings is 1.